The third kappa shape index (κ3) is 1.36. The van der Waals surface area contributed by atoms with E-state index in [9.17, 15) is 4.79 Å². The topological polar surface area (TPSA) is 17.1 Å². The molecule has 0 unspecified atom stereocenters. The predicted molar refractivity (Wildman–Crippen MR) is 59.7 cm³/mol. The SMILES string of the molecule is O=C1C=c2c(Cl)c(Cl)c(Cl)c(Cl)c2=C1. The summed E-state index contributed by atoms with van der Waals surface area (Å²) in [4.78, 5) is 11.1. The summed E-state index contributed by atoms with van der Waals surface area (Å²) in [5.41, 5.74) is 0. The Bertz CT molecular complexity index is 510. The van der Waals surface area contributed by atoms with E-state index in [1.807, 2.05) is 0 Å². The summed E-state index contributed by atoms with van der Waals surface area (Å²) >= 11 is 23.4. The molecule has 1 aromatic rings. The minimum Gasteiger partial charge on any atom is -0.290 e. The highest BCUT2D eigenvalue weighted by molar-refractivity contribution is 6.52. The number of halogens is 4. The quantitative estimate of drug-likeness (QED) is 0.521. The molecule has 1 aliphatic carbocycles. The lowest BCUT2D eigenvalue weighted by atomic mass is 10.2. The summed E-state index contributed by atoms with van der Waals surface area (Å²) in [7, 11) is 0. The molecule has 0 bridgehead atoms. The highest BCUT2D eigenvalue weighted by atomic mass is 35.5. The monoisotopic (exact) mass is 266 g/mol. The molecule has 5 heteroatoms. The Hall–Kier alpha value is -0.210. The second kappa shape index (κ2) is 3.42. The molecule has 0 spiro atoms. The van der Waals surface area contributed by atoms with Crippen molar-refractivity contribution < 1.29 is 4.79 Å². The molecular formula is C9H2Cl4O. The number of carbonyl (C=O) groups excluding carboxylic acids is 1. The third-order valence-corrected chi connectivity index (χ3v) is 3.75. The number of carbonyl (C=O) groups is 1. The highest BCUT2D eigenvalue weighted by Gasteiger charge is 2.16. The first-order chi connectivity index (χ1) is 6.52. The molecule has 0 fully saturated rings. The van der Waals surface area contributed by atoms with Gasteiger partial charge in [-0.1, -0.05) is 46.4 Å². The van der Waals surface area contributed by atoms with Crippen molar-refractivity contribution in [3.63, 3.8) is 0 Å². The molecule has 0 amide bonds. The van der Waals surface area contributed by atoms with Crippen LogP contribution in [0.15, 0.2) is 0 Å². The van der Waals surface area contributed by atoms with Crippen LogP contribution in [0.3, 0.4) is 0 Å². The first-order valence-corrected chi connectivity index (χ1v) is 5.13. The van der Waals surface area contributed by atoms with E-state index in [1.165, 1.54) is 12.2 Å². The van der Waals surface area contributed by atoms with Crippen LogP contribution in [0.2, 0.25) is 20.1 Å². The van der Waals surface area contributed by atoms with E-state index in [0.717, 1.165) is 0 Å². The van der Waals surface area contributed by atoms with Gasteiger partial charge in [0.1, 0.15) is 0 Å². The van der Waals surface area contributed by atoms with Crippen molar-refractivity contribution in [2.45, 2.75) is 0 Å². The summed E-state index contributed by atoms with van der Waals surface area (Å²) in [5.74, 6) is -0.165. The molecule has 14 heavy (non-hydrogen) atoms. The first-order valence-electron chi connectivity index (χ1n) is 3.61. The third-order valence-electron chi connectivity index (χ3n) is 1.91. The second-order valence-electron chi connectivity index (χ2n) is 2.77. The van der Waals surface area contributed by atoms with Crippen LogP contribution in [0.1, 0.15) is 0 Å². The maximum atomic E-state index is 11.1. The van der Waals surface area contributed by atoms with Crippen molar-refractivity contribution >= 4 is 64.3 Å². The minimum absolute atomic E-state index is 0.165. The number of hydrogen-bond donors (Lipinski definition) is 0. The van der Waals surface area contributed by atoms with E-state index < -0.39 is 0 Å². The lowest BCUT2D eigenvalue weighted by Crippen LogP contribution is -2.24. The van der Waals surface area contributed by atoms with Crippen LogP contribution in [-0.4, -0.2) is 5.78 Å². The molecule has 1 aliphatic rings. The van der Waals surface area contributed by atoms with Gasteiger partial charge in [-0.15, -0.1) is 0 Å². The summed E-state index contributed by atoms with van der Waals surface area (Å²) in [6.45, 7) is 0. The van der Waals surface area contributed by atoms with Crippen molar-refractivity contribution in [1.29, 1.82) is 0 Å². The molecule has 2 rings (SSSR count). The lowest BCUT2D eigenvalue weighted by Gasteiger charge is -2.02. The van der Waals surface area contributed by atoms with Crippen LogP contribution < -0.4 is 10.4 Å². The first kappa shape index (κ1) is 10.3. The zero-order valence-corrected chi connectivity index (χ0v) is 9.60. The van der Waals surface area contributed by atoms with Crippen LogP contribution in [-0.2, 0) is 4.79 Å². The maximum Gasteiger partial charge on any atom is 0.179 e. The molecule has 0 aromatic heterocycles. The van der Waals surface area contributed by atoms with Gasteiger partial charge in [0.05, 0.1) is 20.1 Å². The number of Topliss-reactive ketones (excluding diaryl/α,β-unsaturated/α-hetero) is 1. The molecular weight excluding hydrogens is 266 g/mol. The van der Waals surface area contributed by atoms with E-state index in [-0.39, 0.29) is 25.9 Å². The van der Waals surface area contributed by atoms with Crippen LogP contribution in [0.25, 0.3) is 12.2 Å². The summed E-state index contributed by atoms with van der Waals surface area (Å²) in [6.07, 6.45) is 2.76. The Morgan fingerprint density at radius 1 is 0.714 bits per heavy atom. The molecule has 0 heterocycles. The van der Waals surface area contributed by atoms with Gasteiger partial charge in [-0.2, -0.15) is 0 Å². The van der Waals surface area contributed by atoms with E-state index in [4.69, 9.17) is 46.4 Å². The second-order valence-corrected chi connectivity index (χ2v) is 4.29. The van der Waals surface area contributed by atoms with Gasteiger partial charge in [0.2, 0.25) is 0 Å². The Balaban J connectivity index is 3.07. The Morgan fingerprint density at radius 3 is 1.43 bits per heavy atom. The van der Waals surface area contributed by atoms with Crippen molar-refractivity contribution in [1.82, 2.24) is 0 Å². The molecule has 0 atom stereocenters. The molecule has 0 aliphatic heterocycles. The van der Waals surface area contributed by atoms with E-state index >= 15 is 0 Å². The Kier molecular flexibility index (Phi) is 2.52. The molecule has 1 aromatic carbocycles. The van der Waals surface area contributed by atoms with Crippen molar-refractivity contribution in [3.8, 4) is 0 Å². The minimum atomic E-state index is -0.165. The summed E-state index contributed by atoms with van der Waals surface area (Å²) in [5, 5.41) is 1.95. The van der Waals surface area contributed by atoms with Gasteiger partial charge in [-0.25, -0.2) is 0 Å². The van der Waals surface area contributed by atoms with Gasteiger partial charge in [-0.3, -0.25) is 4.79 Å². The number of hydrogen-bond acceptors (Lipinski definition) is 1. The van der Waals surface area contributed by atoms with Gasteiger partial charge in [0.15, 0.2) is 5.78 Å². The van der Waals surface area contributed by atoms with Gasteiger partial charge in [-0.05, 0) is 12.2 Å². The molecule has 0 radical (unpaired) electrons. The van der Waals surface area contributed by atoms with Gasteiger partial charge < -0.3 is 0 Å². The fourth-order valence-corrected chi connectivity index (χ4v) is 2.27. The zero-order chi connectivity index (χ0) is 10.5. The number of ketones is 1. The number of rotatable bonds is 0. The molecule has 0 N–H and O–H groups in total. The van der Waals surface area contributed by atoms with Crippen LogP contribution in [0, 0.1) is 0 Å². The fourth-order valence-electron chi connectivity index (χ4n) is 1.27. The Morgan fingerprint density at radius 2 is 1.07 bits per heavy atom. The van der Waals surface area contributed by atoms with E-state index in [1.54, 1.807) is 0 Å². The highest BCUT2D eigenvalue weighted by Crippen LogP contribution is 2.31. The normalized spacial score (nSPS) is 13.6. The van der Waals surface area contributed by atoms with Crippen LogP contribution in [0.4, 0.5) is 0 Å². The Labute approximate surface area is 99.5 Å². The van der Waals surface area contributed by atoms with Crippen molar-refractivity contribution in [3.05, 3.63) is 30.5 Å². The molecule has 72 valence electrons. The average molecular weight is 268 g/mol. The summed E-state index contributed by atoms with van der Waals surface area (Å²) in [6, 6.07) is 0. The largest absolute Gasteiger partial charge is 0.290 e. The van der Waals surface area contributed by atoms with Gasteiger partial charge >= 0.3 is 0 Å². The van der Waals surface area contributed by atoms with E-state index in [0.29, 0.717) is 10.4 Å². The van der Waals surface area contributed by atoms with Crippen LogP contribution in [0.5, 0.6) is 0 Å². The van der Waals surface area contributed by atoms with E-state index in [2.05, 4.69) is 0 Å². The zero-order valence-electron chi connectivity index (χ0n) is 6.57. The number of benzene rings is 1. The summed E-state index contributed by atoms with van der Waals surface area (Å²) < 4.78 is 0. The number of fused-ring (bicyclic) bond motifs is 1. The van der Waals surface area contributed by atoms with Crippen molar-refractivity contribution in [2.75, 3.05) is 0 Å². The smallest absolute Gasteiger partial charge is 0.179 e. The van der Waals surface area contributed by atoms with Gasteiger partial charge in [0.25, 0.3) is 0 Å². The van der Waals surface area contributed by atoms with Crippen molar-refractivity contribution in [2.24, 2.45) is 0 Å². The average Bonchev–Trinajstić information content (AvgIpc) is 2.54. The molecule has 0 saturated heterocycles. The van der Waals surface area contributed by atoms with Gasteiger partial charge in [0, 0.05) is 10.4 Å². The molecule has 1 nitrogen and oxygen atoms in total. The maximum absolute atomic E-state index is 11.1. The fraction of sp³-hybridized carbons (Fsp3) is 0. The standard InChI is InChI=1S/C9H2Cl4O/c10-6-4-1-3(14)2-5(4)7(11)9(13)8(6)12/h1-2H. The predicted octanol–water partition coefficient (Wildman–Crippen LogP) is 2.44. The molecule has 0 saturated carbocycles. The van der Waals surface area contributed by atoms with Crippen LogP contribution >= 0.6 is 46.4 Å². The lowest BCUT2D eigenvalue weighted by molar-refractivity contribution is -0.107.